The quantitative estimate of drug-likeness (QED) is 0.0277. The van der Waals surface area contributed by atoms with E-state index in [1.165, 1.54) is 24.1 Å². The van der Waals surface area contributed by atoms with Gasteiger partial charge in [-0.2, -0.15) is 0 Å². The minimum absolute atomic E-state index is 0.0148. The number of Topliss-reactive ketones (excluding diaryl/α,β-unsaturated/α-hetero) is 3. The Bertz CT molecular complexity index is 2580. The maximum atomic E-state index is 17.6. The van der Waals surface area contributed by atoms with Gasteiger partial charge in [0, 0.05) is 62.1 Å². The molecule has 0 saturated heterocycles. The number of aliphatic hydroxyl groups excluding tert-OH is 1. The van der Waals surface area contributed by atoms with Gasteiger partial charge in [-0.1, -0.05) is 68.8 Å². The second-order valence-corrected chi connectivity index (χ2v) is 23.8. The van der Waals surface area contributed by atoms with Gasteiger partial charge < -0.3 is 70.8 Å². The van der Waals surface area contributed by atoms with Crippen molar-refractivity contribution in [2.45, 2.75) is 142 Å². The third-order valence-corrected chi connectivity index (χ3v) is 17.8. The summed E-state index contributed by atoms with van der Waals surface area (Å²) >= 11 is 0. The van der Waals surface area contributed by atoms with Gasteiger partial charge >= 0.3 is 18.1 Å². The van der Waals surface area contributed by atoms with Crippen LogP contribution in [0.1, 0.15) is 117 Å². The lowest BCUT2D eigenvalue weighted by atomic mass is 9.44. The number of alkyl halides is 1. The van der Waals surface area contributed by atoms with E-state index in [0.717, 1.165) is 11.1 Å². The van der Waals surface area contributed by atoms with E-state index in [2.05, 4.69) is 15.8 Å². The van der Waals surface area contributed by atoms with Gasteiger partial charge in [-0.15, -0.1) is 0 Å². The van der Waals surface area contributed by atoms with E-state index < -0.39 is 100 Å². The van der Waals surface area contributed by atoms with Gasteiger partial charge in [0.2, 0.25) is 11.7 Å². The van der Waals surface area contributed by atoms with Gasteiger partial charge in [-0.05, 0) is 106 Å². The summed E-state index contributed by atoms with van der Waals surface area (Å²) in [5.41, 5.74) is 7.02. The van der Waals surface area contributed by atoms with Crippen molar-refractivity contribution in [1.29, 1.82) is 0 Å². The van der Waals surface area contributed by atoms with Crippen LogP contribution < -0.4 is 22.1 Å². The molecule has 85 heavy (non-hydrogen) atoms. The Morgan fingerprint density at radius 2 is 1.53 bits per heavy atom. The van der Waals surface area contributed by atoms with Gasteiger partial charge in [0.1, 0.15) is 24.0 Å². The molecule has 0 bridgehead atoms. The molecule has 0 radical (unpaired) electrons. The minimum atomic E-state index is -2.15. The van der Waals surface area contributed by atoms with Crippen LogP contribution in [-0.4, -0.2) is 189 Å². The molecule has 24 heteroatoms. The van der Waals surface area contributed by atoms with Crippen LogP contribution in [0, 0.1) is 40.4 Å². The van der Waals surface area contributed by atoms with Crippen LogP contribution in [0.25, 0.3) is 0 Å². The fourth-order valence-corrected chi connectivity index (χ4v) is 12.8. The average molecular weight is 1200 g/mol. The van der Waals surface area contributed by atoms with Crippen LogP contribution in [0.2, 0.25) is 0 Å². The summed E-state index contributed by atoms with van der Waals surface area (Å²) in [5, 5.41) is 42.4. The molecule has 9 N–H and O–H groups in total. The smallest absolute Gasteiger partial charge is 0.409 e. The van der Waals surface area contributed by atoms with Gasteiger partial charge in [-0.25, -0.2) is 14.0 Å². The number of allylic oxidation sites excluding steroid dienone is 4. The number of nitrogens with zero attached hydrogens (tertiary/aromatic N) is 2. The molecule has 4 amide bonds. The Balaban J connectivity index is 0.966. The Morgan fingerprint density at radius 3 is 2.14 bits per heavy atom. The van der Waals surface area contributed by atoms with Crippen LogP contribution in [0.15, 0.2) is 53.2 Å². The molecule has 0 heterocycles. The third-order valence-electron chi connectivity index (χ3n) is 17.8. The van der Waals surface area contributed by atoms with E-state index in [9.17, 15) is 48.6 Å². The second kappa shape index (κ2) is 32.1. The number of carboxylic acids is 1. The first kappa shape index (κ1) is 69.7. The zero-order valence-corrected chi connectivity index (χ0v) is 50.4. The molecule has 3 fully saturated rings. The van der Waals surface area contributed by atoms with Crippen molar-refractivity contribution >= 4 is 52.8 Å². The van der Waals surface area contributed by atoms with Crippen molar-refractivity contribution in [2.24, 2.45) is 57.0 Å². The number of rotatable bonds is 37. The highest BCUT2D eigenvalue weighted by Gasteiger charge is 2.75. The number of amides is 4. The first-order valence-corrected chi connectivity index (χ1v) is 29.6. The van der Waals surface area contributed by atoms with E-state index in [0.29, 0.717) is 63.6 Å². The van der Waals surface area contributed by atoms with Crippen molar-refractivity contribution in [2.75, 3.05) is 86.2 Å². The van der Waals surface area contributed by atoms with Gasteiger partial charge in [-0.3, -0.25) is 28.8 Å². The maximum Gasteiger partial charge on any atom is 0.409 e. The zero-order valence-electron chi connectivity index (χ0n) is 50.4. The summed E-state index contributed by atoms with van der Waals surface area (Å²) in [5.74, 6) is -6.03. The molecule has 0 spiro atoms. The number of carbonyl (C=O) groups is 8. The molecule has 5 rings (SSSR count). The number of urea groups is 1. The third kappa shape index (κ3) is 17.8. The molecule has 4 aliphatic rings. The predicted octanol–water partition coefficient (Wildman–Crippen LogP) is 4.34. The molecule has 0 aliphatic heterocycles. The minimum Gasteiger partial charge on any atom is -0.480 e. The van der Waals surface area contributed by atoms with Gasteiger partial charge in [0.15, 0.2) is 23.8 Å². The number of carbonyl (C=O) groups excluding carboxylic acids is 7. The van der Waals surface area contributed by atoms with Crippen molar-refractivity contribution in [1.82, 2.24) is 15.5 Å². The molecule has 3 saturated carbocycles. The summed E-state index contributed by atoms with van der Waals surface area (Å²) in [6.45, 7) is 12.3. The molecular weight excluding hydrogens is 1110 g/mol. The number of nitrogens with two attached hydrogens (primary N) is 2. The fraction of sp³-hybridized carbons (Fsp3) is 0.689. The number of primary amides is 1. The van der Waals surface area contributed by atoms with E-state index in [1.54, 1.807) is 59.8 Å². The molecular formula is C61H91FN6O17. The highest BCUT2D eigenvalue weighted by Crippen LogP contribution is 2.70. The number of ketones is 4. The number of ether oxygens (including phenoxy) is 5. The molecule has 474 valence electrons. The summed E-state index contributed by atoms with van der Waals surface area (Å²) in [6.07, 6.45) is 3.34. The number of carboxylic acid groups (broad SMARTS) is 1. The normalized spacial score (nSPS) is 26.2. The first-order chi connectivity index (χ1) is 40.2. The van der Waals surface area contributed by atoms with Crippen LogP contribution in [-0.2, 0) is 63.7 Å². The number of fused-ring (bicyclic) bond motifs is 5. The highest BCUT2D eigenvalue weighted by molar-refractivity contribution is 6.01. The lowest BCUT2D eigenvalue weighted by Gasteiger charge is -2.62. The number of aliphatic carboxylic acids is 1. The zero-order chi connectivity index (χ0) is 62.7. The van der Waals surface area contributed by atoms with E-state index in [4.69, 9.17) is 45.1 Å². The maximum absolute atomic E-state index is 17.6. The molecule has 1 aromatic rings. The van der Waals surface area contributed by atoms with E-state index >= 15 is 4.39 Å². The average Bonchev–Trinajstić information content (AvgIpc) is 1.68. The Labute approximate surface area is 497 Å². The van der Waals surface area contributed by atoms with E-state index in [1.807, 2.05) is 12.1 Å². The number of nitrogens with one attached hydrogen (secondary N) is 2. The number of hydrogen-bond acceptors (Lipinski definition) is 18. The second-order valence-electron chi connectivity index (χ2n) is 23.8. The molecule has 1 unspecified atom stereocenters. The number of benzene rings is 1. The standard InChI is InChI=1S/C61H91FN6O17/c1-38(2)46(35-45(70)19-23-80-24-25-81-26-27-82-28-29-83-30-31-85-67-40(4)42-14-12-41(13-15-42)33-49(63)55(75)76)54(74)66-50(10-8-21-65-56(64)77)51(71)11-9-22-68(7)57(78)84-37-53(73)61(79)39(3)32-48-47-17-16-43-34-44(69)18-20-58(43,5)60(47,62)52(72)36-59(48,61)6/h12-15,18,20,34,38-39,46-50,52,72,79H,8-11,16-17,19,21-33,35-37,63H2,1-7H3,(H,66,74)(H,75,76)(H3,64,65,77)/b67-40+/t39-,46+,47?,48+,49+,50+,52+,58+,59+,60+,61+/m1/s1. The predicted molar refractivity (Wildman–Crippen MR) is 310 cm³/mol. The SMILES string of the molecule is C/C(=N\OCCOCCOCCOCCOCCC(=O)C[C@H](C(=O)N[C@@H](CCCNC(N)=O)C(=O)CCCN(C)C(=O)OCC(=O)[C@@]1(O)[C@H](C)C[C@H]2C3CCC4=CC(=O)C=C[C@]4(C)[C@@]3(F)[C@@H](O)C[C@@]21C)C(C)C)c1ccc(C[C@H](N)C(=O)O)cc1. The number of hydrogen-bond donors (Lipinski definition) is 7. The van der Waals surface area contributed by atoms with Crippen molar-refractivity contribution in [3.05, 3.63) is 59.2 Å². The largest absolute Gasteiger partial charge is 0.480 e. The molecule has 23 nitrogen and oxygen atoms in total. The van der Waals surface area contributed by atoms with Crippen LogP contribution in [0.5, 0.6) is 0 Å². The topological polar surface area (TPSA) is 344 Å². The number of oxime groups is 1. The number of aliphatic hydroxyl groups is 2. The van der Waals surface area contributed by atoms with Gasteiger partial charge in [0.05, 0.1) is 70.7 Å². The molecule has 11 atom stereocenters. The van der Waals surface area contributed by atoms with E-state index in [-0.39, 0.29) is 114 Å². The Kier molecular flexibility index (Phi) is 26.3. The molecule has 0 aromatic heterocycles. The van der Waals surface area contributed by atoms with Crippen molar-refractivity contribution < 1.29 is 86.6 Å². The Morgan fingerprint density at radius 1 is 0.906 bits per heavy atom. The molecule has 4 aliphatic carbocycles. The molecule has 1 aromatic carbocycles. The van der Waals surface area contributed by atoms with Crippen LogP contribution >= 0.6 is 0 Å². The van der Waals surface area contributed by atoms with Crippen molar-refractivity contribution in [3.8, 4) is 0 Å². The van der Waals surface area contributed by atoms with Crippen LogP contribution in [0.3, 0.4) is 0 Å². The lowest BCUT2D eigenvalue weighted by Crippen LogP contribution is -2.69. The highest BCUT2D eigenvalue weighted by atomic mass is 19.1. The van der Waals surface area contributed by atoms with Crippen molar-refractivity contribution in [3.63, 3.8) is 0 Å². The lowest BCUT2D eigenvalue weighted by molar-refractivity contribution is -0.219. The summed E-state index contributed by atoms with van der Waals surface area (Å²) in [6, 6.07) is 4.54. The summed E-state index contributed by atoms with van der Waals surface area (Å²) in [4.78, 5) is 109. The van der Waals surface area contributed by atoms with Crippen LogP contribution in [0.4, 0.5) is 14.0 Å². The first-order valence-electron chi connectivity index (χ1n) is 29.6. The fourth-order valence-electron chi connectivity index (χ4n) is 12.8. The summed E-state index contributed by atoms with van der Waals surface area (Å²) in [7, 11) is 1.42. The Hall–Kier alpha value is -6.02. The summed E-state index contributed by atoms with van der Waals surface area (Å²) < 4.78 is 45.2. The number of halogens is 1. The van der Waals surface area contributed by atoms with Gasteiger partial charge in [0.25, 0.3) is 0 Å². The monoisotopic (exact) mass is 1200 g/mol.